The van der Waals surface area contributed by atoms with Crippen molar-refractivity contribution < 1.29 is 9.53 Å². The average molecular weight is 364 g/mol. The maximum atomic E-state index is 12.6. The van der Waals surface area contributed by atoms with Gasteiger partial charge in [0.1, 0.15) is 12.4 Å². The third kappa shape index (κ3) is 3.89. The highest BCUT2D eigenvalue weighted by molar-refractivity contribution is 8.18. The number of para-hydroxylation sites is 2. The number of carbonyl (C=O) groups excluding carboxylic acids is 1. The second-order valence-corrected chi connectivity index (χ2v) is 6.80. The zero-order chi connectivity index (χ0) is 18.5. The van der Waals surface area contributed by atoms with E-state index in [2.05, 4.69) is 11.6 Å². The van der Waals surface area contributed by atoms with Crippen molar-refractivity contribution in [2.45, 2.75) is 6.92 Å². The molecule has 0 aromatic heterocycles. The van der Waals surface area contributed by atoms with Gasteiger partial charge in [0.25, 0.3) is 5.91 Å². The van der Waals surface area contributed by atoms with Crippen LogP contribution in [0.25, 0.3) is 6.08 Å². The van der Waals surface area contributed by atoms with Crippen molar-refractivity contribution in [3.8, 4) is 5.75 Å². The zero-order valence-corrected chi connectivity index (χ0v) is 15.6. The smallest absolute Gasteiger partial charge is 0.266 e. The molecule has 1 fully saturated rings. The van der Waals surface area contributed by atoms with Crippen LogP contribution >= 0.6 is 11.8 Å². The summed E-state index contributed by atoms with van der Waals surface area (Å²) in [4.78, 5) is 19.5. The molecular weight excluding hydrogens is 344 g/mol. The second-order valence-electron chi connectivity index (χ2n) is 5.79. The fourth-order valence-corrected chi connectivity index (χ4v) is 3.44. The van der Waals surface area contributed by atoms with E-state index in [9.17, 15) is 4.79 Å². The van der Waals surface area contributed by atoms with Gasteiger partial charge in [0.15, 0.2) is 5.17 Å². The molecule has 0 radical (unpaired) electrons. The largest absolute Gasteiger partial charge is 0.489 e. The summed E-state index contributed by atoms with van der Waals surface area (Å²) in [7, 11) is 1.74. The predicted molar refractivity (Wildman–Crippen MR) is 109 cm³/mol. The van der Waals surface area contributed by atoms with E-state index in [1.807, 2.05) is 61.5 Å². The first-order valence-electron chi connectivity index (χ1n) is 8.25. The highest BCUT2D eigenvalue weighted by Gasteiger charge is 2.30. The van der Waals surface area contributed by atoms with E-state index in [0.717, 1.165) is 22.6 Å². The van der Waals surface area contributed by atoms with Crippen LogP contribution in [-0.2, 0) is 4.79 Å². The lowest BCUT2D eigenvalue weighted by Crippen LogP contribution is -2.23. The van der Waals surface area contributed by atoms with Gasteiger partial charge in [-0.15, -0.1) is 0 Å². The minimum Gasteiger partial charge on any atom is -0.489 e. The van der Waals surface area contributed by atoms with Crippen LogP contribution in [0.15, 0.2) is 71.1 Å². The molecule has 5 heteroatoms. The van der Waals surface area contributed by atoms with Crippen molar-refractivity contribution >= 4 is 34.6 Å². The van der Waals surface area contributed by atoms with E-state index in [-0.39, 0.29) is 5.91 Å². The van der Waals surface area contributed by atoms with Gasteiger partial charge < -0.3 is 4.74 Å². The maximum absolute atomic E-state index is 12.6. The highest BCUT2D eigenvalue weighted by atomic mass is 32.2. The van der Waals surface area contributed by atoms with Gasteiger partial charge in [-0.1, -0.05) is 49.1 Å². The molecule has 0 atom stereocenters. The zero-order valence-electron chi connectivity index (χ0n) is 14.8. The molecule has 1 amide bonds. The van der Waals surface area contributed by atoms with Crippen LogP contribution < -0.4 is 4.74 Å². The fourth-order valence-electron chi connectivity index (χ4n) is 2.46. The average Bonchev–Trinajstić information content (AvgIpc) is 2.91. The minimum absolute atomic E-state index is 0.0687. The van der Waals surface area contributed by atoms with E-state index in [1.165, 1.54) is 11.8 Å². The van der Waals surface area contributed by atoms with Gasteiger partial charge in [0.05, 0.1) is 10.6 Å². The quantitative estimate of drug-likeness (QED) is 0.566. The summed E-state index contributed by atoms with van der Waals surface area (Å²) in [5.41, 5.74) is 2.79. The molecule has 0 spiro atoms. The SMILES string of the molecule is C=CCOc1ccccc1/C=C1/SC(=Nc2ccccc2C)N(C)C1=O. The van der Waals surface area contributed by atoms with Crippen molar-refractivity contribution in [1.82, 2.24) is 4.90 Å². The molecule has 0 N–H and O–H groups in total. The molecule has 1 aliphatic rings. The third-order valence-electron chi connectivity index (χ3n) is 3.90. The summed E-state index contributed by atoms with van der Waals surface area (Å²) in [5.74, 6) is 0.654. The Kier molecular flexibility index (Phi) is 5.58. The standard InChI is InChI=1S/C21H20N2O2S/c1-4-13-25-18-12-8-6-10-16(18)14-19-20(24)23(3)21(26-19)22-17-11-7-5-9-15(17)2/h4-12,14H,1,13H2,2-3H3/b19-14+,22-21?. The monoisotopic (exact) mass is 364 g/mol. The Morgan fingerprint density at radius 1 is 1.19 bits per heavy atom. The summed E-state index contributed by atoms with van der Waals surface area (Å²) in [6.45, 7) is 6.09. The van der Waals surface area contributed by atoms with Crippen LogP contribution in [0.2, 0.25) is 0 Å². The summed E-state index contributed by atoms with van der Waals surface area (Å²) in [6.07, 6.45) is 3.54. The molecule has 2 aromatic rings. The molecule has 26 heavy (non-hydrogen) atoms. The number of likely N-dealkylation sites (N-methyl/N-ethyl adjacent to an activating group) is 1. The number of hydrogen-bond donors (Lipinski definition) is 0. The van der Waals surface area contributed by atoms with Gasteiger partial charge >= 0.3 is 0 Å². The van der Waals surface area contributed by atoms with Crippen molar-refractivity contribution in [1.29, 1.82) is 0 Å². The van der Waals surface area contributed by atoms with Gasteiger partial charge in [-0.3, -0.25) is 9.69 Å². The lowest BCUT2D eigenvalue weighted by atomic mass is 10.2. The Labute approximate surface area is 157 Å². The van der Waals surface area contributed by atoms with E-state index in [1.54, 1.807) is 18.0 Å². The lowest BCUT2D eigenvalue weighted by Gasteiger charge is -2.08. The molecule has 0 saturated carbocycles. The number of rotatable bonds is 5. The topological polar surface area (TPSA) is 41.9 Å². The first-order chi connectivity index (χ1) is 12.6. The molecule has 3 rings (SSSR count). The predicted octanol–water partition coefficient (Wildman–Crippen LogP) is 4.79. The van der Waals surface area contributed by atoms with Crippen LogP contribution in [-0.4, -0.2) is 29.6 Å². The molecule has 1 saturated heterocycles. The van der Waals surface area contributed by atoms with Crippen LogP contribution in [0.3, 0.4) is 0 Å². The van der Waals surface area contributed by atoms with Gasteiger partial charge in [0, 0.05) is 12.6 Å². The van der Waals surface area contributed by atoms with Gasteiger partial charge in [-0.05, 0) is 42.5 Å². The first kappa shape index (κ1) is 18.0. The van der Waals surface area contributed by atoms with Crippen molar-refractivity contribution in [2.75, 3.05) is 13.7 Å². The number of ether oxygens (including phenoxy) is 1. The van der Waals surface area contributed by atoms with Gasteiger partial charge in [0.2, 0.25) is 0 Å². The first-order valence-corrected chi connectivity index (χ1v) is 9.06. The van der Waals surface area contributed by atoms with E-state index >= 15 is 0 Å². The Hall–Kier alpha value is -2.79. The summed E-state index contributed by atoms with van der Waals surface area (Å²) >= 11 is 1.37. The van der Waals surface area contributed by atoms with E-state index < -0.39 is 0 Å². The van der Waals surface area contributed by atoms with Crippen LogP contribution in [0.1, 0.15) is 11.1 Å². The number of benzene rings is 2. The summed E-state index contributed by atoms with van der Waals surface area (Å²) in [5, 5.41) is 0.667. The number of nitrogens with zero attached hydrogens (tertiary/aromatic N) is 2. The van der Waals surface area contributed by atoms with Crippen molar-refractivity contribution in [3.63, 3.8) is 0 Å². The molecule has 2 aromatic carbocycles. The molecular formula is C21H20N2O2S. The normalized spacial score (nSPS) is 17.2. The second kappa shape index (κ2) is 8.06. The maximum Gasteiger partial charge on any atom is 0.266 e. The Bertz CT molecular complexity index is 902. The number of aliphatic imine (C=N–C) groups is 1. The number of thioether (sulfide) groups is 1. The Morgan fingerprint density at radius 3 is 2.69 bits per heavy atom. The summed E-state index contributed by atoms with van der Waals surface area (Å²) < 4.78 is 5.67. The number of aryl methyl sites for hydroxylation is 1. The molecule has 132 valence electrons. The molecule has 0 unspecified atom stereocenters. The minimum atomic E-state index is -0.0687. The van der Waals surface area contributed by atoms with Crippen LogP contribution in [0.4, 0.5) is 5.69 Å². The van der Waals surface area contributed by atoms with E-state index in [4.69, 9.17) is 4.74 Å². The number of carbonyl (C=O) groups is 1. The van der Waals surface area contributed by atoms with Crippen LogP contribution in [0.5, 0.6) is 5.75 Å². The molecule has 0 aliphatic carbocycles. The molecule has 0 bridgehead atoms. The van der Waals surface area contributed by atoms with Crippen LogP contribution in [0, 0.1) is 6.92 Å². The van der Waals surface area contributed by atoms with Crippen molar-refractivity contribution in [2.24, 2.45) is 4.99 Å². The lowest BCUT2D eigenvalue weighted by molar-refractivity contribution is -0.121. The number of amidine groups is 1. The van der Waals surface area contributed by atoms with Gasteiger partial charge in [-0.2, -0.15) is 0 Å². The summed E-state index contributed by atoms with van der Waals surface area (Å²) in [6, 6.07) is 15.5. The number of hydrogen-bond acceptors (Lipinski definition) is 4. The van der Waals surface area contributed by atoms with Crippen molar-refractivity contribution in [3.05, 3.63) is 77.2 Å². The number of amides is 1. The molecule has 4 nitrogen and oxygen atoms in total. The van der Waals surface area contributed by atoms with Gasteiger partial charge in [-0.25, -0.2) is 4.99 Å². The van der Waals surface area contributed by atoms with E-state index in [0.29, 0.717) is 16.7 Å². The molecule has 1 heterocycles. The Morgan fingerprint density at radius 2 is 1.92 bits per heavy atom. The fraction of sp³-hybridized carbons (Fsp3) is 0.143. The molecule has 1 aliphatic heterocycles. The highest BCUT2D eigenvalue weighted by Crippen LogP contribution is 2.35. The Balaban J connectivity index is 1.91. The third-order valence-corrected chi connectivity index (χ3v) is 4.96.